The van der Waals surface area contributed by atoms with E-state index in [1.54, 1.807) is 31.2 Å². The highest BCUT2D eigenvalue weighted by Gasteiger charge is 2.29. The Kier molecular flexibility index (Phi) is 6.13. The molecule has 1 aliphatic rings. The van der Waals surface area contributed by atoms with Gasteiger partial charge >= 0.3 is 0 Å². The fourth-order valence-electron chi connectivity index (χ4n) is 4.21. The Morgan fingerprint density at radius 2 is 2.06 bits per heavy atom. The summed E-state index contributed by atoms with van der Waals surface area (Å²) in [6.07, 6.45) is 4.82. The van der Waals surface area contributed by atoms with Crippen molar-refractivity contribution in [3.05, 3.63) is 53.0 Å². The van der Waals surface area contributed by atoms with E-state index < -0.39 is 0 Å². The number of hydrogen-bond donors (Lipinski definition) is 2. The second-order valence-corrected chi connectivity index (χ2v) is 8.47. The van der Waals surface area contributed by atoms with Gasteiger partial charge in [0.2, 0.25) is 0 Å². The van der Waals surface area contributed by atoms with Crippen LogP contribution in [-0.4, -0.2) is 43.0 Å². The Morgan fingerprint density at radius 3 is 2.84 bits per heavy atom. The molecule has 0 saturated heterocycles. The van der Waals surface area contributed by atoms with Gasteiger partial charge in [-0.3, -0.25) is 14.6 Å². The third kappa shape index (κ3) is 4.66. The zero-order valence-corrected chi connectivity index (χ0v) is 18.4. The number of ether oxygens (including phenoxy) is 1. The van der Waals surface area contributed by atoms with Gasteiger partial charge in [0, 0.05) is 49.1 Å². The van der Waals surface area contributed by atoms with Crippen LogP contribution in [0.1, 0.15) is 84.1 Å². The summed E-state index contributed by atoms with van der Waals surface area (Å²) in [6.45, 7) is 4.66. The summed E-state index contributed by atoms with van der Waals surface area (Å²) >= 11 is 0. The van der Waals surface area contributed by atoms with Crippen LogP contribution < -0.4 is 5.32 Å². The van der Waals surface area contributed by atoms with Crippen molar-refractivity contribution < 1.29 is 9.53 Å². The number of aromatic amines is 1. The van der Waals surface area contributed by atoms with Crippen LogP contribution in [0.3, 0.4) is 0 Å². The molecule has 0 unspecified atom stereocenters. The fraction of sp³-hybridized carbons (Fsp3) is 0.500. The number of amides is 1. The first-order chi connectivity index (χ1) is 14.9. The molecule has 0 aromatic carbocycles. The molecule has 9 nitrogen and oxygen atoms in total. The lowest BCUT2D eigenvalue weighted by atomic mass is 9.98. The van der Waals surface area contributed by atoms with Crippen molar-refractivity contribution in [1.82, 2.24) is 29.9 Å². The molecule has 31 heavy (non-hydrogen) atoms. The highest BCUT2D eigenvalue weighted by atomic mass is 16.5. The molecule has 0 bridgehead atoms. The number of nitrogens with zero attached hydrogens (tertiary/aromatic N) is 5. The van der Waals surface area contributed by atoms with E-state index in [2.05, 4.69) is 50.5 Å². The number of aryl methyl sites for hydroxylation is 1. The number of H-pyrrole nitrogens is 1. The maximum absolute atomic E-state index is 12.6. The van der Waals surface area contributed by atoms with E-state index in [1.807, 2.05) is 6.07 Å². The summed E-state index contributed by atoms with van der Waals surface area (Å²) in [6, 6.07) is 5.79. The zero-order chi connectivity index (χ0) is 22.0. The molecule has 1 fully saturated rings. The van der Waals surface area contributed by atoms with Crippen LogP contribution in [0.25, 0.3) is 0 Å². The van der Waals surface area contributed by atoms with Crippen molar-refractivity contribution in [3.63, 3.8) is 0 Å². The normalized spacial score (nSPS) is 18.6. The Balaban J connectivity index is 1.40. The number of carbonyl (C=O) groups excluding carboxylic acids is 1. The first-order valence-electron chi connectivity index (χ1n) is 10.6. The third-order valence-corrected chi connectivity index (χ3v) is 5.89. The highest BCUT2D eigenvalue weighted by Crippen LogP contribution is 2.43. The third-order valence-electron chi connectivity index (χ3n) is 5.89. The van der Waals surface area contributed by atoms with E-state index in [-0.39, 0.29) is 5.91 Å². The fourth-order valence-corrected chi connectivity index (χ4v) is 4.21. The standard InChI is InChI=1S/C22H29N7O2/c1-13(2)17-9-18(24-12-23-17)14-5-6-15(7-14)19-10-21(27-26-19)25-22(30)20-8-16(11-31-4)28-29(20)3/h8-10,12-15H,5-7,11H2,1-4H3,(H2,25,26,27,30)/t14-,15-/m0/s1. The SMILES string of the molecule is COCc1cc(C(=O)Nc2cc([C@H]3CC[C@H](c4cc(C(C)C)ncn4)C3)[nH]n2)n(C)n1. The second kappa shape index (κ2) is 8.97. The van der Waals surface area contributed by atoms with Crippen molar-refractivity contribution in [2.75, 3.05) is 12.4 Å². The van der Waals surface area contributed by atoms with Crippen LogP contribution in [0, 0.1) is 0 Å². The summed E-state index contributed by atoms with van der Waals surface area (Å²) < 4.78 is 6.63. The van der Waals surface area contributed by atoms with Gasteiger partial charge in [-0.25, -0.2) is 9.97 Å². The number of nitrogens with one attached hydrogen (secondary N) is 2. The molecule has 0 spiro atoms. The number of aromatic nitrogens is 6. The number of hydrogen-bond acceptors (Lipinski definition) is 6. The molecule has 3 aromatic rings. The number of carbonyl (C=O) groups is 1. The molecular weight excluding hydrogens is 394 g/mol. The molecule has 3 aromatic heterocycles. The van der Waals surface area contributed by atoms with Gasteiger partial charge in [0.15, 0.2) is 5.82 Å². The average molecular weight is 424 g/mol. The van der Waals surface area contributed by atoms with E-state index in [9.17, 15) is 4.79 Å². The molecule has 4 rings (SSSR count). The second-order valence-electron chi connectivity index (χ2n) is 8.47. The summed E-state index contributed by atoms with van der Waals surface area (Å²) in [5, 5.41) is 14.5. The Hall–Kier alpha value is -3.07. The smallest absolute Gasteiger partial charge is 0.275 e. The van der Waals surface area contributed by atoms with Crippen LogP contribution in [0.2, 0.25) is 0 Å². The minimum absolute atomic E-state index is 0.248. The molecule has 1 amide bonds. The lowest BCUT2D eigenvalue weighted by Crippen LogP contribution is -2.16. The first-order valence-corrected chi connectivity index (χ1v) is 10.6. The maximum atomic E-state index is 12.6. The number of anilines is 1. The van der Waals surface area contributed by atoms with Crippen molar-refractivity contribution in [2.45, 2.75) is 57.5 Å². The Labute approximate surface area is 181 Å². The summed E-state index contributed by atoms with van der Waals surface area (Å²) in [7, 11) is 3.34. The molecule has 0 radical (unpaired) electrons. The number of rotatable bonds is 7. The Bertz CT molecular complexity index is 1060. The summed E-state index contributed by atoms with van der Waals surface area (Å²) in [5.41, 5.74) is 4.42. The van der Waals surface area contributed by atoms with E-state index in [0.29, 0.717) is 41.6 Å². The van der Waals surface area contributed by atoms with Gasteiger partial charge in [-0.2, -0.15) is 10.2 Å². The molecule has 1 aliphatic carbocycles. The predicted octanol–water partition coefficient (Wildman–Crippen LogP) is 3.51. The molecule has 3 heterocycles. The molecule has 2 atom stereocenters. The van der Waals surface area contributed by atoms with Crippen molar-refractivity contribution in [2.24, 2.45) is 7.05 Å². The lowest BCUT2D eigenvalue weighted by molar-refractivity contribution is 0.101. The maximum Gasteiger partial charge on any atom is 0.275 e. The van der Waals surface area contributed by atoms with Crippen molar-refractivity contribution in [3.8, 4) is 0 Å². The van der Waals surface area contributed by atoms with Gasteiger partial charge in [-0.15, -0.1) is 0 Å². The van der Waals surface area contributed by atoms with Gasteiger partial charge in [-0.1, -0.05) is 13.8 Å². The Morgan fingerprint density at radius 1 is 1.26 bits per heavy atom. The first kappa shape index (κ1) is 21.2. The lowest BCUT2D eigenvalue weighted by Gasteiger charge is -2.12. The summed E-state index contributed by atoms with van der Waals surface area (Å²) in [5.74, 6) is 1.44. The van der Waals surface area contributed by atoms with Gasteiger partial charge in [0.05, 0.1) is 12.3 Å². The van der Waals surface area contributed by atoms with Crippen LogP contribution in [0.4, 0.5) is 5.82 Å². The monoisotopic (exact) mass is 423 g/mol. The highest BCUT2D eigenvalue weighted by molar-refractivity contribution is 6.02. The molecule has 164 valence electrons. The van der Waals surface area contributed by atoms with Crippen molar-refractivity contribution in [1.29, 1.82) is 0 Å². The van der Waals surface area contributed by atoms with E-state index in [0.717, 1.165) is 36.3 Å². The molecule has 0 aliphatic heterocycles. The van der Waals surface area contributed by atoms with Crippen LogP contribution in [-0.2, 0) is 18.4 Å². The van der Waals surface area contributed by atoms with Crippen LogP contribution in [0.5, 0.6) is 0 Å². The predicted molar refractivity (Wildman–Crippen MR) is 116 cm³/mol. The van der Waals surface area contributed by atoms with Crippen molar-refractivity contribution >= 4 is 11.7 Å². The molecule has 2 N–H and O–H groups in total. The van der Waals surface area contributed by atoms with Gasteiger partial charge in [0.25, 0.3) is 5.91 Å². The number of methoxy groups -OCH3 is 1. The topological polar surface area (TPSA) is 111 Å². The largest absolute Gasteiger partial charge is 0.378 e. The van der Waals surface area contributed by atoms with Gasteiger partial charge in [-0.05, 0) is 37.3 Å². The van der Waals surface area contributed by atoms with E-state index in [1.165, 1.54) is 0 Å². The van der Waals surface area contributed by atoms with E-state index in [4.69, 9.17) is 4.74 Å². The summed E-state index contributed by atoms with van der Waals surface area (Å²) in [4.78, 5) is 21.5. The average Bonchev–Trinajstić information content (AvgIpc) is 3.48. The van der Waals surface area contributed by atoms with Crippen LogP contribution in [0.15, 0.2) is 24.5 Å². The molecular formula is C22H29N7O2. The quantitative estimate of drug-likeness (QED) is 0.602. The van der Waals surface area contributed by atoms with Crippen LogP contribution >= 0.6 is 0 Å². The van der Waals surface area contributed by atoms with Gasteiger partial charge in [0.1, 0.15) is 12.0 Å². The molecule has 9 heteroatoms. The zero-order valence-electron chi connectivity index (χ0n) is 18.4. The molecule has 1 saturated carbocycles. The van der Waals surface area contributed by atoms with Gasteiger partial charge < -0.3 is 10.1 Å². The minimum atomic E-state index is -0.248. The van der Waals surface area contributed by atoms with E-state index >= 15 is 0 Å². The minimum Gasteiger partial charge on any atom is -0.378 e.